The van der Waals surface area contributed by atoms with Gasteiger partial charge in [0.05, 0.1) is 10.1 Å². The second-order valence-corrected chi connectivity index (χ2v) is 3.63. The van der Waals surface area contributed by atoms with E-state index < -0.39 is 11.9 Å². The van der Waals surface area contributed by atoms with Crippen LogP contribution >= 0.6 is 46.4 Å². The number of allylic oxidation sites excluding steroid dienone is 2. The standard InChI is InChI=1S/C6H2Cl4O2/c7-1-2(8)6(12)4(10)3(9)5(1)11/h5,11H. The summed E-state index contributed by atoms with van der Waals surface area (Å²) in [7, 11) is 0. The van der Waals surface area contributed by atoms with E-state index in [1.54, 1.807) is 0 Å². The number of hydrogen-bond acceptors (Lipinski definition) is 2. The predicted molar refractivity (Wildman–Crippen MR) is 48.5 cm³/mol. The van der Waals surface area contributed by atoms with Crippen LogP contribution in [0.25, 0.3) is 0 Å². The quantitative estimate of drug-likeness (QED) is 0.714. The van der Waals surface area contributed by atoms with E-state index >= 15 is 0 Å². The van der Waals surface area contributed by atoms with Gasteiger partial charge in [-0.05, 0) is 0 Å². The van der Waals surface area contributed by atoms with Crippen LogP contribution in [-0.2, 0) is 4.79 Å². The van der Waals surface area contributed by atoms with Crippen molar-refractivity contribution in [2.75, 3.05) is 0 Å². The minimum absolute atomic E-state index is 0.198. The Labute approximate surface area is 88.3 Å². The largest absolute Gasteiger partial charge is 0.382 e. The third-order valence-electron chi connectivity index (χ3n) is 1.30. The highest BCUT2D eigenvalue weighted by Crippen LogP contribution is 2.35. The number of aliphatic hydroxyl groups excluding tert-OH is 1. The number of hydrogen-bond donors (Lipinski definition) is 1. The first-order valence-corrected chi connectivity index (χ1v) is 4.31. The fourth-order valence-electron chi connectivity index (χ4n) is 0.665. The SMILES string of the molecule is O=C1C(Cl)=C(Cl)C(O)C(Cl)=C1Cl. The van der Waals surface area contributed by atoms with Crippen LogP contribution in [0.15, 0.2) is 20.1 Å². The van der Waals surface area contributed by atoms with Crippen molar-refractivity contribution in [2.24, 2.45) is 0 Å². The molecule has 2 nitrogen and oxygen atoms in total. The summed E-state index contributed by atoms with van der Waals surface area (Å²) in [6.45, 7) is 0. The van der Waals surface area contributed by atoms with Gasteiger partial charge in [0.25, 0.3) is 0 Å². The van der Waals surface area contributed by atoms with Gasteiger partial charge in [-0.3, -0.25) is 4.79 Å². The maximum atomic E-state index is 11.0. The van der Waals surface area contributed by atoms with Gasteiger partial charge < -0.3 is 5.11 Å². The first-order valence-electron chi connectivity index (χ1n) is 2.80. The van der Waals surface area contributed by atoms with E-state index in [1.165, 1.54) is 0 Å². The molecule has 66 valence electrons. The fourth-order valence-corrected chi connectivity index (χ4v) is 1.55. The Kier molecular flexibility index (Phi) is 3.07. The van der Waals surface area contributed by atoms with Crippen LogP contribution in [-0.4, -0.2) is 17.0 Å². The zero-order chi connectivity index (χ0) is 9.46. The average molecular weight is 248 g/mol. The molecule has 0 heterocycles. The molecule has 0 aromatic heterocycles. The maximum absolute atomic E-state index is 11.0. The van der Waals surface area contributed by atoms with Gasteiger partial charge in [0.1, 0.15) is 16.2 Å². The first kappa shape index (κ1) is 10.4. The van der Waals surface area contributed by atoms with Gasteiger partial charge in [0.15, 0.2) is 0 Å². The molecule has 0 amide bonds. The van der Waals surface area contributed by atoms with Gasteiger partial charge in [0.2, 0.25) is 5.78 Å². The van der Waals surface area contributed by atoms with Crippen molar-refractivity contribution in [1.82, 2.24) is 0 Å². The Morgan fingerprint density at radius 3 is 1.67 bits per heavy atom. The molecule has 0 aromatic rings. The Balaban J connectivity index is 3.22. The van der Waals surface area contributed by atoms with Crippen molar-refractivity contribution in [3.63, 3.8) is 0 Å². The highest BCUT2D eigenvalue weighted by Gasteiger charge is 2.31. The summed E-state index contributed by atoms with van der Waals surface area (Å²) >= 11 is 21.8. The van der Waals surface area contributed by atoms with Crippen molar-refractivity contribution in [2.45, 2.75) is 6.10 Å². The molecule has 0 aliphatic heterocycles. The summed E-state index contributed by atoms with van der Waals surface area (Å²) in [5.74, 6) is -0.668. The van der Waals surface area contributed by atoms with Crippen LogP contribution in [0.2, 0.25) is 0 Å². The number of rotatable bonds is 0. The summed E-state index contributed by atoms with van der Waals surface area (Å²) in [5.41, 5.74) is 0. The summed E-state index contributed by atoms with van der Waals surface area (Å²) < 4.78 is 0. The van der Waals surface area contributed by atoms with E-state index in [4.69, 9.17) is 46.4 Å². The van der Waals surface area contributed by atoms with Crippen molar-refractivity contribution in [1.29, 1.82) is 0 Å². The zero-order valence-electron chi connectivity index (χ0n) is 5.44. The minimum Gasteiger partial charge on any atom is -0.382 e. The maximum Gasteiger partial charge on any atom is 0.218 e. The average Bonchev–Trinajstić information content (AvgIpc) is 2.08. The van der Waals surface area contributed by atoms with Crippen LogP contribution < -0.4 is 0 Å². The number of carbonyl (C=O) groups excluding carboxylic acids is 1. The Morgan fingerprint density at radius 1 is 1.00 bits per heavy atom. The van der Waals surface area contributed by atoms with Crippen LogP contribution in [0.5, 0.6) is 0 Å². The first-order chi connectivity index (χ1) is 5.46. The van der Waals surface area contributed by atoms with Crippen LogP contribution in [0.1, 0.15) is 0 Å². The molecule has 1 aliphatic carbocycles. The molecule has 6 heteroatoms. The molecule has 0 bridgehead atoms. The number of ketones is 1. The van der Waals surface area contributed by atoms with Gasteiger partial charge in [-0.1, -0.05) is 46.4 Å². The second kappa shape index (κ2) is 3.56. The molecule has 0 spiro atoms. The lowest BCUT2D eigenvalue weighted by Crippen LogP contribution is -2.19. The van der Waals surface area contributed by atoms with Gasteiger partial charge in [0, 0.05) is 0 Å². The van der Waals surface area contributed by atoms with E-state index in [0.29, 0.717) is 0 Å². The smallest absolute Gasteiger partial charge is 0.218 e. The van der Waals surface area contributed by atoms with Gasteiger partial charge in [-0.15, -0.1) is 0 Å². The van der Waals surface area contributed by atoms with Crippen molar-refractivity contribution < 1.29 is 9.90 Å². The lowest BCUT2D eigenvalue weighted by Gasteiger charge is -2.16. The van der Waals surface area contributed by atoms with Crippen molar-refractivity contribution >= 4 is 52.2 Å². The fraction of sp³-hybridized carbons (Fsp3) is 0.167. The monoisotopic (exact) mass is 246 g/mol. The van der Waals surface area contributed by atoms with Crippen LogP contribution in [0.3, 0.4) is 0 Å². The van der Waals surface area contributed by atoms with Crippen LogP contribution in [0, 0.1) is 0 Å². The molecule has 1 rings (SSSR count). The summed E-state index contributed by atoms with van der Waals surface area (Å²) in [6, 6.07) is 0. The number of Topliss-reactive ketones (excluding diaryl/α,β-unsaturated/α-hetero) is 1. The molecule has 1 N–H and O–H groups in total. The topological polar surface area (TPSA) is 37.3 Å². The Hall–Kier alpha value is 0.270. The van der Waals surface area contributed by atoms with Gasteiger partial charge >= 0.3 is 0 Å². The molecule has 0 aromatic carbocycles. The van der Waals surface area contributed by atoms with E-state index in [0.717, 1.165) is 0 Å². The number of carbonyl (C=O) groups is 1. The minimum atomic E-state index is -1.29. The molecule has 0 fully saturated rings. The van der Waals surface area contributed by atoms with E-state index in [-0.39, 0.29) is 20.1 Å². The normalized spacial score (nSPS) is 20.9. The molecular weight excluding hydrogens is 246 g/mol. The van der Waals surface area contributed by atoms with Crippen molar-refractivity contribution in [3.8, 4) is 0 Å². The number of aliphatic hydroxyl groups is 1. The zero-order valence-corrected chi connectivity index (χ0v) is 8.47. The Bertz CT molecular complexity index is 277. The molecule has 0 radical (unpaired) electrons. The predicted octanol–water partition coefficient (Wildman–Crippen LogP) is 2.31. The van der Waals surface area contributed by atoms with Gasteiger partial charge in [-0.2, -0.15) is 0 Å². The molecule has 1 aliphatic rings. The van der Waals surface area contributed by atoms with E-state index in [2.05, 4.69) is 0 Å². The number of halogens is 4. The molecule has 0 saturated heterocycles. The van der Waals surface area contributed by atoms with Crippen LogP contribution in [0.4, 0.5) is 0 Å². The highest BCUT2D eigenvalue weighted by atomic mass is 35.5. The highest BCUT2D eigenvalue weighted by molar-refractivity contribution is 6.60. The summed E-state index contributed by atoms with van der Waals surface area (Å²) in [6.07, 6.45) is -1.29. The molecule has 0 saturated carbocycles. The summed E-state index contributed by atoms with van der Waals surface area (Å²) in [4.78, 5) is 11.0. The van der Waals surface area contributed by atoms with E-state index in [1.807, 2.05) is 0 Å². The molecule has 0 unspecified atom stereocenters. The lowest BCUT2D eigenvalue weighted by molar-refractivity contribution is -0.111. The second-order valence-electron chi connectivity index (χ2n) is 2.06. The Morgan fingerprint density at radius 2 is 1.33 bits per heavy atom. The third kappa shape index (κ3) is 1.50. The molecular formula is C6H2Cl4O2. The molecule has 12 heavy (non-hydrogen) atoms. The third-order valence-corrected chi connectivity index (χ3v) is 3.03. The van der Waals surface area contributed by atoms with Crippen molar-refractivity contribution in [3.05, 3.63) is 20.1 Å². The van der Waals surface area contributed by atoms with E-state index in [9.17, 15) is 9.90 Å². The van der Waals surface area contributed by atoms with Gasteiger partial charge in [-0.25, -0.2) is 0 Å². The molecule has 0 atom stereocenters. The lowest BCUT2D eigenvalue weighted by atomic mass is 10.1. The summed E-state index contributed by atoms with van der Waals surface area (Å²) in [5, 5.41) is 8.22.